The molecule has 0 saturated carbocycles. The lowest BCUT2D eigenvalue weighted by Crippen LogP contribution is -2.42. The maximum absolute atomic E-state index is 12.3. The van der Waals surface area contributed by atoms with Gasteiger partial charge in [-0.1, -0.05) is 42.2 Å². The van der Waals surface area contributed by atoms with Gasteiger partial charge in [-0.15, -0.1) is 0 Å². The van der Waals surface area contributed by atoms with Crippen molar-refractivity contribution in [2.75, 3.05) is 27.2 Å². The molecule has 0 aromatic heterocycles. The predicted octanol–water partition coefficient (Wildman–Crippen LogP) is 2.80. The second-order valence-corrected chi connectivity index (χ2v) is 8.16. The van der Waals surface area contributed by atoms with Gasteiger partial charge in [-0.25, -0.2) is 4.79 Å². The molecule has 1 N–H and O–H groups in total. The maximum atomic E-state index is 12.3. The van der Waals surface area contributed by atoms with Crippen LogP contribution in [0, 0.1) is 22.7 Å². The molecule has 2 unspecified atom stereocenters. The van der Waals surface area contributed by atoms with E-state index in [1.54, 1.807) is 0 Å². The molecule has 0 spiro atoms. The molecule has 2 rings (SSSR count). The Morgan fingerprint density at radius 3 is 2.59 bits per heavy atom. The van der Waals surface area contributed by atoms with Crippen LogP contribution in [0.25, 0.3) is 0 Å². The molecule has 2 atom stereocenters. The average molecular weight is 370 g/mol. The summed E-state index contributed by atoms with van der Waals surface area (Å²) < 4.78 is 4.99. The number of hydrogen-bond acceptors (Lipinski definition) is 4. The van der Waals surface area contributed by atoms with Gasteiger partial charge in [0.05, 0.1) is 13.7 Å². The van der Waals surface area contributed by atoms with Gasteiger partial charge in [0, 0.05) is 24.4 Å². The zero-order valence-corrected chi connectivity index (χ0v) is 17.1. The summed E-state index contributed by atoms with van der Waals surface area (Å²) in [6, 6.07) is 9.66. The Morgan fingerprint density at radius 2 is 2.00 bits per heavy atom. The molecule has 1 heterocycles. The van der Waals surface area contributed by atoms with Crippen molar-refractivity contribution < 1.29 is 9.53 Å². The Morgan fingerprint density at radius 1 is 1.33 bits per heavy atom. The Kier molecular flexibility index (Phi) is 7.04. The molecule has 0 radical (unpaired) electrons. The van der Waals surface area contributed by atoms with Crippen molar-refractivity contribution in [3.63, 3.8) is 0 Å². The van der Waals surface area contributed by atoms with E-state index in [2.05, 4.69) is 37.5 Å². The molecule has 1 aromatic carbocycles. The molecule has 27 heavy (non-hydrogen) atoms. The van der Waals surface area contributed by atoms with Crippen LogP contribution < -0.4 is 0 Å². The van der Waals surface area contributed by atoms with E-state index < -0.39 is 6.04 Å². The van der Waals surface area contributed by atoms with Crippen molar-refractivity contribution in [3.8, 4) is 11.8 Å². The van der Waals surface area contributed by atoms with Gasteiger partial charge in [-0.3, -0.25) is 10.3 Å². The lowest BCUT2D eigenvalue weighted by atomic mass is 9.98. The molecule has 1 aliphatic rings. The van der Waals surface area contributed by atoms with Gasteiger partial charge >= 0.3 is 5.97 Å². The van der Waals surface area contributed by atoms with Crippen LogP contribution in [0.1, 0.15) is 32.8 Å². The number of rotatable bonds is 5. The molecule has 1 aliphatic heterocycles. The summed E-state index contributed by atoms with van der Waals surface area (Å²) in [7, 11) is 3.44. The second kappa shape index (κ2) is 9.05. The first kappa shape index (κ1) is 21.0. The van der Waals surface area contributed by atoms with Crippen LogP contribution in [0.4, 0.5) is 0 Å². The quantitative estimate of drug-likeness (QED) is 0.375. The molecule has 0 aliphatic carbocycles. The molecule has 146 valence electrons. The molecular formula is C22H31N3O2. The number of carbonyl (C=O) groups excluding carboxylic acids is 1. The number of ether oxygens (including phenoxy) is 1. The van der Waals surface area contributed by atoms with Gasteiger partial charge in [0.1, 0.15) is 11.9 Å². The Balaban J connectivity index is 2.07. The van der Waals surface area contributed by atoms with Gasteiger partial charge in [0.25, 0.3) is 0 Å². The van der Waals surface area contributed by atoms with Crippen LogP contribution >= 0.6 is 0 Å². The number of benzene rings is 1. The molecule has 1 saturated heterocycles. The molecule has 0 bridgehead atoms. The summed E-state index contributed by atoms with van der Waals surface area (Å²) in [6.45, 7) is 7.56. The number of likely N-dealkylation sites (N-methyl/N-ethyl adjacent to an activating group) is 1. The lowest BCUT2D eigenvalue weighted by Gasteiger charge is -2.26. The smallest absolute Gasteiger partial charge is 0.328 e. The number of methoxy groups -OCH3 is 1. The minimum atomic E-state index is -0.408. The molecule has 5 heteroatoms. The second-order valence-electron chi connectivity index (χ2n) is 8.16. The number of esters is 1. The van der Waals surface area contributed by atoms with E-state index in [4.69, 9.17) is 10.1 Å². The number of amidine groups is 1. The minimum Gasteiger partial charge on any atom is -0.467 e. The minimum absolute atomic E-state index is 0.0189. The predicted molar refractivity (Wildman–Crippen MR) is 109 cm³/mol. The first-order valence-corrected chi connectivity index (χ1v) is 9.37. The van der Waals surface area contributed by atoms with E-state index in [9.17, 15) is 4.79 Å². The fourth-order valence-corrected chi connectivity index (χ4v) is 3.24. The highest BCUT2D eigenvalue weighted by molar-refractivity contribution is 5.88. The number of carbonyl (C=O) groups is 1. The monoisotopic (exact) mass is 369 g/mol. The van der Waals surface area contributed by atoms with Crippen LogP contribution in [0.3, 0.4) is 0 Å². The standard InChI is InChI=1S/C22H31N3O2/c1-22(2,3)12-9-13-24(4)18-15-19(21(26)27-5)25(16-18)20(23)14-17-10-7-6-8-11-17/h6-8,10-11,18-19,23H,13-16H2,1-5H3. The zero-order valence-electron chi connectivity index (χ0n) is 17.1. The van der Waals surface area contributed by atoms with E-state index in [-0.39, 0.29) is 17.4 Å². The number of likely N-dealkylation sites (tertiary alicyclic amines) is 1. The highest BCUT2D eigenvalue weighted by atomic mass is 16.5. The van der Waals surface area contributed by atoms with Crippen LogP contribution in [-0.4, -0.2) is 60.9 Å². The van der Waals surface area contributed by atoms with Crippen LogP contribution in [-0.2, 0) is 16.0 Å². The third-order valence-corrected chi connectivity index (χ3v) is 4.73. The van der Waals surface area contributed by atoms with Gasteiger partial charge in [0.15, 0.2) is 0 Å². The summed E-state index contributed by atoms with van der Waals surface area (Å²) in [5, 5.41) is 8.54. The van der Waals surface area contributed by atoms with Crippen molar-refractivity contribution in [3.05, 3.63) is 35.9 Å². The molecule has 1 fully saturated rings. The van der Waals surface area contributed by atoms with Gasteiger partial charge in [-0.2, -0.15) is 0 Å². The Hall–Kier alpha value is -2.32. The topological polar surface area (TPSA) is 56.6 Å². The fraction of sp³-hybridized carbons (Fsp3) is 0.545. The largest absolute Gasteiger partial charge is 0.467 e. The van der Waals surface area contributed by atoms with Gasteiger partial charge < -0.3 is 9.64 Å². The average Bonchev–Trinajstić information content (AvgIpc) is 3.06. The first-order chi connectivity index (χ1) is 12.7. The van der Waals surface area contributed by atoms with E-state index in [1.807, 2.05) is 42.3 Å². The van der Waals surface area contributed by atoms with Crippen molar-refractivity contribution >= 4 is 11.8 Å². The summed E-state index contributed by atoms with van der Waals surface area (Å²) >= 11 is 0. The van der Waals surface area contributed by atoms with E-state index in [0.29, 0.717) is 31.8 Å². The normalized spacial score (nSPS) is 19.6. The maximum Gasteiger partial charge on any atom is 0.328 e. The summed E-state index contributed by atoms with van der Waals surface area (Å²) in [4.78, 5) is 16.3. The van der Waals surface area contributed by atoms with E-state index in [1.165, 1.54) is 7.11 Å². The zero-order chi connectivity index (χ0) is 20.0. The Labute approximate surface area is 163 Å². The van der Waals surface area contributed by atoms with Crippen molar-refractivity contribution in [1.29, 1.82) is 5.41 Å². The van der Waals surface area contributed by atoms with Crippen LogP contribution in [0.5, 0.6) is 0 Å². The molecule has 0 amide bonds. The highest BCUT2D eigenvalue weighted by Crippen LogP contribution is 2.24. The molecule has 1 aromatic rings. The van der Waals surface area contributed by atoms with E-state index in [0.717, 1.165) is 5.56 Å². The van der Waals surface area contributed by atoms with Crippen molar-refractivity contribution in [1.82, 2.24) is 9.80 Å². The van der Waals surface area contributed by atoms with Crippen LogP contribution in [0.2, 0.25) is 0 Å². The highest BCUT2D eigenvalue weighted by Gasteiger charge is 2.40. The van der Waals surface area contributed by atoms with Crippen molar-refractivity contribution in [2.24, 2.45) is 5.41 Å². The molecular weight excluding hydrogens is 338 g/mol. The van der Waals surface area contributed by atoms with Crippen molar-refractivity contribution in [2.45, 2.75) is 45.7 Å². The Bertz CT molecular complexity index is 713. The number of nitrogens with one attached hydrogen (secondary N) is 1. The van der Waals surface area contributed by atoms with E-state index >= 15 is 0 Å². The fourth-order valence-electron chi connectivity index (χ4n) is 3.24. The summed E-state index contributed by atoms with van der Waals surface area (Å²) in [5.41, 5.74) is 1.05. The van der Waals surface area contributed by atoms with Gasteiger partial charge in [0.2, 0.25) is 0 Å². The first-order valence-electron chi connectivity index (χ1n) is 9.37. The van der Waals surface area contributed by atoms with Gasteiger partial charge in [-0.05, 0) is 39.8 Å². The number of hydrogen-bond donors (Lipinski definition) is 1. The molecule has 5 nitrogen and oxygen atoms in total. The lowest BCUT2D eigenvalue weighted by molar-refractivity contribution is -0.144. The third kappa shape index (κ3) is 6.11. The van der Waals surface area contributed by atoms with Crippen LogP contribution in [0.15, 0.2) is 30.3 Å². The number of nitrogens with zero attached hydrogens (tertiary/aromatic N) is 2. The summed E-state index contributed by atoms with van der Waals surface area (Å²) in [6.07, 6.45) is 1.16. The SMILES string of the molecule is COC(=O)C1CC(N(C)CC#CC(C)(C)C)CN1C(=N)Cc1ccccc1. The third-order valence-electron chi connectivity index (χ3n) is 4.73. The summed E-state index contributed by atoms with van der Waals surface area (Å²) in [5.74, 6) is 6.66.